The number of aliphatic hydroxyl groups is 1. The number of thiophene rings is 1. The Morgan fingerprint density at radius 2 is 1.87 bits per heavy atom. The lowest BCUT2D eigenvalue weighted by Gasteiger charge is -2.29. The van der Waals surface area contributed by atoms with E-state index in [0.29, 0.717) is 17.0 Å². The number of rotatable bonds is 6. The van der Waals surface area contributed by atoms with Gasteiger partial charge in [0.2, 0.25) is 0 Å². The molecule has 2 rings (SSSR count). The quantitative estimate of drug-likeness (QED) is 0.826. The molecule has 0 aliphatic heterocycles. The maximum Gasteiger partial charge on any atom is 0.264 e. The third-order valence-electron chi connectivity index (χ3n) is 3.30. The van der Waals surface area contributed by atoms with E-state index in [-0.39, 0.29) is 18.2 Å². The highest BCUT2D eigenvalue weighted by Crippen LogP contribution is 2.20. The van der Waals surface area contributed by atoms with Gasteiger partial charge in [-0.2, -0.15) is 0 Å². The van der Waals surface area contributed by atoms with Crippen molar-refractivity contribution in [3.05, 3.63) is 57.8 Å². The number of benzene rings is 1. The summed E-state index contributed by atoms with van der Waals surface area (Å²) in [5.41, 5.74) is 0.542. The molecule has 0 bridgehead atoms. The topological polar surface area (TPSA) is 57.6 Å². The van der Waals surface area contributed by atoms with E-state index in [1.165, 1.54) is 18.3 Å². The predicted octanol–water partition coefficient (Wildman–Crippen LogP) is 3.36. The van der Waals surface area contributed by atoms with Gasteiger partial charge < -0.3 is 10.0 Å². The van der Waals surface area contributed by atoms with E-state index in [0.717, 1.165) is 5.56 Å². The van der Waals surface area contributed by atoms with Crippen LogP contribution in [0.4, 0.5) is 0 Å². The molecule has 0 fully saturated rings. The number of hydrogen-bond acceptors (Lipinski definition) is 4. The van der Waals surface area contributed by atoms with Crippen LogP contribution >= 0.6 is 11.3 Å². The fraction of sp³-hybridized carbons (Fsp3) is 0.333. The number of nitrogens with zero attached hydrogens (tertiary/aromatic N) is 1. The van der Waals surface area contributed by atoms with Crippen LogP contribution in [-0.2, 0) is 6.54 Å². The zero-order valence-corrected chi connectivity index (χ0v) is 14.4. The molecule has 1 aromatic carbocycles. The zero-order chi connectivity index (χ0) is 17.0. The van der Waals surface area contributed by atoms with E-state index in [4.69, 9.17) is 0 Å². The molecule has 0 spiro atoms. The second-order valence-electron chi connectivity index (χ2n) is 6.22. The normalized spacial score (nSPS) is 11.3. The minimum absolute atomic E-state index is 0.0580. The summed E-state index contributed by atoms with van der Waals surface area (Å²) in [6, 6.07) is 11.3. The van der Waals surface area contributed by atoms with Crippen molar-refractivity contribution in [2.24, 2.45) is 0 Å². The van der Waals surface area contributed by atoms with Gasteiger partial charge in [-0.05, 0) is 32.4 Å². The van der Waals surface area contributed by atoms with Crippen molar-refractivity contribution in [2.45, 2.75) is 32.9 Å². The second kappa shape index (κ2) is 7.06. The first-order chi connectivity index (χ1) is 10.8. The van der Waals surface area contributed by atoms with Gasteiger partial charge in [-0.3, -0.25) is 9.59 Å². The van der Waals surface area contributed by atoms with Crippen LogP contribution in [0, 0.1) is 0 Å². The van der Waals surface area contributed by atoms with E-state index in [9.17, 15) is 14.7 Å². The molecule has 0 radical (unpaired) electrons. The Kier molecular flexibility index (Phi) is 5.34. The molecule has 23 heavy (non-hydrogen) atoms. The van der Waals surface area contributed by atoms with Crippen molar-refractivity contribution in [1.82, 2.24) is 4.90 Å². The van der Waals surface area contributed by atoms with Crippen LogP contribution in [-0.4, -0.2) is 33.8 Å². The average molecular weight is 331 g/mol. The molecule has 122 valence electrons. The molecule has 0 atom stereocenters. The van der Waals surface area contributed by atoms with Crippen molar-refractivity contribution in [1.29, 1.82) is 0 Å². The van der Waals surface area contributed by atoms with Crippen LogP contribution in [0.1, 0.15) is 46.4 Å². The molecular weight excluding hydrogens is 310 g/mol. The summed E-state index contributed by atoms with van der Waals surface area (Å²) in [5.74, 6) is -0.231. The lowest BCUT2D eigenvalue weighted by atomic mass is 10.1. The Morgan fingerprint density at radius 1 is 1.22 bits per heavy atom. The SMILES string of the molecule is CC(=O)c1csc(C(=O)N(Cc2ccccc2)CC(C)(C)O)c1. The van der Waals surface area contributed by atoms with Crippen LogP contribution in [0.3, 0.4) is 0 Å². The highest BCUT2D eigenvalue weighted by atomic mass is 32.1. The molecule has 1 amide bonds. The molecule has 0 aliphatic rings. The first kappa shape index (κ1) is 17.4. The fourth-order valence-electron chi connectivity index (χ4n) is 2.26. The standard InChI is InChI=1S/C18H21NO3S/c1-13(20)15-9-16(23-11-15)17(21)19(12-18(2,3)22)10-14-7-5-4-6-8-14/h4-9,11,22H,10,12H2,1-3H3. The molecule has 2 aromatic rings. The third kappa shape index (κ3) is 5.01. The molecule has 0 saturated heterocycles. The summed E-state index contributed by atoms with van der Waals surface area (Å²) in [6.07, 6.45) is 0. The van der Waals surface area contributed by atoms with Gasteiger partial charge in [0, 0.05) is 24.0 Å². The van der Waals surface area contributed by atoms with Crippen molar-refractivity contribution in [3.63, 3.8) is 0 Å². The molecule has 0 aliphatic carbocycles. The van der Waals surface area contributed by atoms with Gasteiger partial charge in [0.25, 0.3) is 5.91 Å². The molecule has 1 N–H and O–H groups in total. The minimum Gasteiger partial charge on any atom is -0.389 e. The zero-order valence-electron chi connectivity index (χ0n) is 13.6. The molecule has 0 saturated carbocycles. The number of ketones is 1. The van der Waals surface area contributed by atoms with Crippen molar-refractivity contribution in [3.8, 4) is 0 Å². The Hall–Kier alpha value is -1.98. The number of Topliss-reactive ketones (excluding diaryl/α,β-unsaturated/α-hetero) is 1. The largest absolute Gasteiger partial charge is 0.389 e. The summed E-state index contributed by atoms with van der Waals surface area (Å²) >= 11 is 1.26. The molecule has 1 heterocycles. The number of hydrogen-bond donors (Lipinski definition) is 1. The van der Waals surface area contributed by atoms with Crippen molar-refractivity contribution >= 4 is 23.0 Å². The second-order valence-corrected chi connectivity index (χ2v) is 7.13. The Morgan fingerprint density at radius 3 is 2.39 bits per heavy atom. The molecule has 1 aromatic heterocycles. The van der Waals surface area contributed by atoms with Crippen molar-refractivity contribution in [2.75, 3.05) is 6.54 Å². The predicted molar refractivity (Wildman–Crippen MR) is 91.8 cm³/mol. The van der Waals surface area contributed by atoms with Gasteiger partial charge >= 0.3 is 0 Å². The summed E-state index contributed by atoms with van der Waals surface area (Å²) in [7, 11) is 0. The fourth-order valence-corrected chi connectivity index (χ4v) is 3.17. The smallest absolute Gasteiger partial charge is 0.264 e. The monoisotopic (exact) mass is 331 g/mol. The minimum atomic E-state index is -0.995. The molecule has 4 nitrogen and oxygen atoms in total. The van der Waals surface area contributed by atoms with E-state index >= 15 is 0 Å². The van der Waals surface area contributed by atoms with Crippen LogP contribution in [0.15, 0.2) is 41.8 Å². The summed E-state index contributed by atoms with van der Waals surface area (Å²) in [5, 5.41) is 11.8. The Balaban J connectivity index is 2.24. The number of carbonyl (C=O) groups is 2. The van der Waals surface area contributed by atoms with E-state index < -0.39 is 5.60 Å². The molecule has 0 unspecified atom stereocenters. The summed E-state index contributed by atoms with van der Waals surface area (Å²) in [6.45, 7) is 5.46. The summed E-state index contributed by atoms with van der Waals surface area (Å²) < 4.78 is 0. The average Bonchev–Trinajstić information content (AvgIpc) is 2.95. The van der Waals surface area contributed by atoms with Crippen LogP contribution in [0.25, 0.3) is 0 Å². The highest BCUT2D eigenvalue weighted by molar-refractivity contribution is 7.12. The van der Waals surface area contributed by atoms with Crippen LogP contribution in [0.5, 0.6) is 0 Å². The Bertz CT molecular complexity index is 686. The lowest BCUT2D eigenvalue weighted by Crippen LogP contribution is -2.41. The molecular formula is C18H21NO3S. The number of carbonyl (C=O) groups excluding carboxylic acids is 2. The first-order valence-electron chi connectivity index (χ1n) is 7.41. The first-order valence-corrected chi connectivity index (χ1v) is 8.29. The van der Waals surface area contributed by atoms with Gasteiger partial charge in [-0.15, -0.1) is 11.3 Å². The molecule has 5 heteroatoms. The van der Waals surface area contributed by atoms with E-state index in [1.807, 2.05) is 30.3 Å². The van der Waals surface area contributed by atoms with Crippen LogP contribution in [0.2, 0.25) is 0 Å². The third-order valence-corrected chi connectivity index (χ3v) is 4.22. The van der Waals surface area contributed by atoms with E-state index in [1.54, 1.807) is 30.2 Å². The van der Waals surface area contributed by atoms with Gasteiger partial charge in [0.15, 0.2) is 5.78 Å². The lowest BCUT2D eigenvalue weighted by molar-refractivity contribution is 0.0282. The Labute approximate surface area is 140 Å². The summed E-state index contributed by atoms with van der Waals surface area (Å²) in [4.78, 5) is 26.3. The van der Waals surface area contributed by atoms with E-state index in [2.05, 4.69) is 0 Å². The van der Waals surface area contributed by atoms with Gasteiger partial charge in [-0.25, -0.2) is 0 Å². The maximum atomic E-state index is 12.8. The number of amides is 1. The van der Waals surface area contributed by atoms with Gasteiger partial charge in [-0.1, -0.05) is 30.3 Å². The van der Waals surface area contributed by atoms with Gasteiger partial charge in [0.05, 0.1) is 10.5 Å². The van der Waals surface area contributed by atoms with Gasteiger partial charge in [0.1, 0.15) is 0 Å². The maximum absolute atomic E-state index is 12.8. The highest BCUT2D eigenvalue weighted by Gasteiger charge is 2.25. The van der Waals surface area contributed by atoms with Crippen molar-refractivity contribution < 1.29 is 14.7 Å². The van der Waals surface area contributed by atoms with Crippen LogP contribution < -0.4 is 0 Å².